The number of aromatic nitrogens is 3. The highest BCUT2D eigenvalue weighted by Crippen LogP contribution is 2.42. The van der Waals surface area contributed by atoms with Gasteiger partial charge in [0.1, 0.15) is 22.8 Å². The second-order valence-corrected chi connectivity index (χ2v) is 9.46. The van der Waals surface area contributed by atoms with E-state index >= 15 is 0 Å². The molecule has 1 fully saturated rings. The van der Waals surface area contributed by atoms with E-state index < -0.39 is 0 Å². The summed E-state index contributed by atoms with van der Waals surface area (Å²) in [5.41, 5.74) is 3.98. The van der Waals surface area contributed by atoms with Gasteiger partial charge in [-0.25, -0.2) is 15.0 Å². The highest BCUT2D eigenvalue weighted by atomic mass is 32.1. The molecule has 1 saturated heterocycles. The second kappa shape index (κ2) is 8.61. The molecule has 1 N–H and O–H groups in total. The first-order valence-electron chi connectivity index (χ1n) is 11.0. The molecule has 7 nitrogen and oxygen atoms in total. The van der Waals surface area contributed by atoms with Crippen molar-refractivity contribution >= 4 is 43.4 Å². The van der Waals surface area contributed by atoms with E-state index in [4.69, 9.17) is 14.7 Å². The Morgan fingerprint density at radius 3 is 2.73 bits per heavy atom. The maximum Gasteiger partial charge on any atom is 0.147 e. The summed E-state index contributed by atoms with van der Waals surface area (Å²) in [6.45, 7) is 5.39. The lowest BCUT2D eigenvalue weighted by molar-refractivity contribution is 0.122. The van der Waals surface area contributed by atoms with Crippen molar-refractivity contribution in [2.24, 2.45) is 0 Å². The van der Waals surface area contributed by atoms with Crippen LogP contribution in [0.3, 0.4) is 0 Å². The fourth-order valence-corrected chi connectivity index (χ4v) is 5.72. The van der Waals surface area contributed by atoms with E-state index in [1.54, 1.807) is 17.7 Å². The van der Waals surface area contributed by atoms with Gasteiger partial charge in [0.05, 0.1) is 23.4 Å². The third-order valence-corrected chi connectivity index (χ3v) is 7.16. The summed E-state index contributed by atoms with van der Waals surface area (Å²) < 4.78 is 6.72. The second-order valence-electron chi connectivity index (χ2n) is 8.46. The van der Waals surface area contributed by atoms with Crippen LogP contribution in [0.15, 0.2) is 6.33 Å². The maximum absolute atomic E-state index is 5.58. The van der Waals surface area contributed by atoms with E-state index in [1.807, 2.05) is 0 Å². The molecule has 8 heteroatoms. The van der Waals surface area contributed by atoms with E-state index in [0.29, 0.717) is 0 Å². The number of pyridine rings is 1. The number of ether oxygens (including phenoxy) is 1. The van der Waals surface area contributed by atoms with Gasteiger partial charge in [0.15, 0.2) is 0 Å². The molecule has 30 heavy (non-hydrogen) atoms. The van der Waals surface area contributed by atoms with Crippen LogP contribution >= 0.6 is 11.3 Å². The summed E-state index contributed by atoms with van der Waals surface area (Å²) in [4.78, 5) is 20.2. The molecule has 0 radical (unpaired) electrons. The van der Waals surface area contributed by atoms with Gasteiger partial charge in [-0.15, -0.1) is 11.3 Å². The van der Waals surface area contributed by atoms with Crippen LogP contribution in [0.25, 0.3) is 20.4 Å². The first-order chi connectivity index (χ1) is 14.7. The minimum absolute atomic E-state index is 0.785. The van der Waals surface area contributed by atoms with Crippen LogP contribution in [0.2, 0.25) is 0 Å². The number of aryl methyl sites for hydroxylation is 1. The van der Waals surface area contributed by atoms with Gasteiger partial charge in [0.2, 0.25) is 0 Å². The summed E-state index contributed by atoms with van der Waals surface area (Å²) in [6.07, 6.45) is 7.50. The largest absolute Gasteiger partial charge is 0.378 e. The Labute approximate surface area is 181 Å². The minimum atomic E-state index is 0.785. The topological polar surface area (TPSA) is 66.4 Å². The van der Waals surface area contributed by atoms with E-state index in [1.165, 1.54) is 35.2 Å². The third kappa shape index (κ3) is 3.72. The van der Waals surface area contributed by atoms with E-state index in [2.05, 4.69) is 34.2 Å². The van der Waals surface area contributed by atoms with Gasteiger partial charge < -0.3 is 19.9 Å². The molecule has 1 aliphatic carbocycles. The molecule has 1 aliphatic heterocycles. The summed E-state index contributed by atoms with van der Waals surface area (Å²) in [5, 5.41) is 4.80. The fraction of sp³-hybridized carbons (Fsp3) is 0.591. The fourth-order valence-electron chi connectivity index (χ4n) is 4.60. The monoisotopic (exact) mass is 426 g/mol. The number of hydrogen-bond donors (Lipinski definition) is 1. The molecular weight excluding hydrogens is 396 g/mol. The highest BCUT2D eigenvalue weighted by molar-refractivity contribution is 7.26. The standard InChI is InChI=1S/C22H30N6OS/c1-27(2)9-5-8-23-20-19-18(24-14-25-20)17-15-6-3-4-7-16(15)21(26-22(17)30-19)28-10-12-29-13-11-28/h14H,3-13H2,1-2H3,(H,23,24,25). The number of nitrogens with zero attached hydrogens (tertiary/aromatic N) is 5. The van der Waals surface area contributed by atoms with Gasteiger partial charge in [-0.1, -0.05) is 0 Å². The maximum atomic E-state index is 5.58. The van der Waals surface area contributed by atoms with Crippen molar-refractivity contribution in [3.05, 3.63) is 17.5 Å². The Morgan fingerprint density at radius 2 is 1.93 bits per heavy atom. The number of thiophene rings is 1. The normalized spacial score (nSPS) is 17.1. The molecule has 0 spiro atoms. The molecule has 0 atom stereocenters. The molecule has 0 bridgehead atoms. The average molecular weight is 427 g/mol. The predicted molar refractivity (Wildman–Crippen MR) is 124 cm³/mol. The number of nitrogens with one attached hydrogen (secondary N) is 1. The molecule has 3 aromatic heterocycles. The SMILES string of the molecule is CN(C)CCCNc1ncnc2c1sc1nc(N3CCOCC3)c3c(c12)CCCC3. The van der Waals surface area contributed by atoms with Crippen LogP contribution in [-0.4, -0.2) is 73.3 Å². The summed E-state index contributed by atoms with van der Waals surface area (Å²) in [6, 6.07) is 0. The third-order valence-electron chi connectivity index (χ3n) is 6.09. The Hall–Kier alpha value is -2.03. The number of fused-ring (bicyclic) bond motifs is 5. The quantitative estimate of drug-likeness (QED) is 0.607. The minimum Gasteiger partial charge on any atom is -0.378 e. The molecule has 0 saturated carbocycles. The zero-order valence-electron chi connectivity index (χ0n) is 17.9. The summed E-state index contributed by atoms with van der Waals surface area (Å²) in [7, 11) is 4.21. The van der Waals surface area contributed by atoms with Crippen molar-refractivity contribution < 1.29 is 4.74 Å². The van der Waals surface area contributed by atoms with Gasteiger partial charge >= 0.3 is 0 Å². The van der Waals surface area contributed by atoms with Crippen LogP contribution < -0.4 is 10.2 Å². The lowest BCUT2D eigenvalue weighted by Gasteiger charge is -2.31. The molecule has 160 valence electrons. The van der Waals surface area contributed by atoms with Gasteiger partial charge in [0.25, 0.3) is 0 Å². The summed E-state index contributed by atoms with van der Waals surface area (Å²) in [5.74, 6) is 2.12. The average Bonchev–Trinajstić information content (AvgIpc) is 3.16. The zero-order chi connectivity index (χ0) is 20.5. The van der Waals surface area contributed by atoms with Crippen LogP contribution in [-0.2, 0) is 17.6 Å². The lowest BCUT2D eigenvalue weighted by Crippen LogP contribution is -2.37. The molecule has 0 aromatic carbocycles. The summed E-state index contributed by atoms with van der Waals surface area (Å²) >= 11 is 1.74. The first kappa shape index (κ1) is 19.9. The zero-order valence-corrected chi connectivity index (χ0v) is 18.7. The van der Waals surface area contributed by atoms with Crippen molar-refractivity contribution in [2.75, 3.05) is 63.7 Å². The van der Waals surface area contributed by atoms with Gasteiger partial charge in [-0.2, -0.15) is 0 Å². The molecule has 5 rings (SSSR count). The molecule has 2 aliphatic rings. The van der Waals surface area contributed by atoms with E-state index in [9.17, 15) is 0 Å². The van der Waals surface area contributed by atoms with Crippen molar-refractivity contribution in [2.45, 2.75) is 32.1 Å². The van der Waals surface area contributed by atoms with Crippen molar-refractivity contribution in [1.29, 1.82) is 0 Å². The Balaban J connectivity index is 1.58. The number of rotatable bonds is 6. The van der Waals surface area contributed by atoms with Gasteiger partial charge in [-0.3, -0.25) is 0 Å². The highest BCUT2D eigenvalue weighted by Gasteiger charge is 2.26. The van der Waals surface area contributed by atoms with Crippen LogP contribution in [0, 0.1) is 0 Å². The molecule has 0 unspecified atom stereocenters. The molecule has 0 amide bonds. The smallest absolute Gasteiger partial charge is 0.147 e. The molecule has 4 heterocycles. The Kier molecular flexibility index (Phi) is 5.71. The number of morpholine rings is 1. The van der Waals surface area contributed by atoms with Crippen LogP contribution in [0.4, 0.5) is 11.6 Å². The molecule has 3 aromatic rings. The van der Waals surface area contributed by atoms with E-state index in [0.717, 1.165) is 79.5 Å². The van der Waals surface area contributed by atoms with Gasteiger partial charge in [-0.05, 0) is 63.9 Å². The van der Waals surface area contributed by atoms with E-state index in [-0.39, 0.29) is 0 Å². The van der Waals surface area contributed by atoms with Gasteiger partial charge in [0, 0.05) is 25.0 Å². The van der Waals surface area contributed by atoms with Crippen molar-refractivity contribution in [3.63, 3.8) is 0 Å². The number of hydrogen-bond acceptors (Lipinski definition) is 8. The Morgan fingerprint density at radius 1 is 1.13 bits per heavy atom. The van der Waals surface area contributed by atoms with Crippen LogP contribution in [0.1, 0.15) is 30.4 Å². The van der Waals surface area contributed by atoms with Crippen molar-refractivity contribution in [3.8, 4) is 0 Å². The Bertz CT molecular complexity index is 1040. The van der Waals surface area contributed by atoms with Crippen LogP contribution in [0.5, 0.6) is 0 Å². The van der Waals surface area contributed by atoms with Crippen molar-refractivity contribution in [1.82, 2.24) is 19.9 Å². The lowest BCUT2D eigenvalue weighted by atomic mass is 9.90. The number of anilines is 2. The molecular formula is C22H30N6OS. The first-order valence-corrected chi connectivity index (χ1v) is 11.8. The predicted octanol–water partition coefficient (Wildman–Crippen LogP) is 3.32.